The highest BCUT2D eigenvalue weighted by Gasteiger charge is 2.20. The van der Waals surface area contributed by atoms with Crippen LogP contribution in [-0.2, 0) is 13.0 Å². The first-order chi connectivity index (χ1) is 6.70. The zero-order valence-corrected chi connectivity index (χ0v) is 7.70. The number of phenolic OH excluding ortho intramolecular Hbond substituents is 1. The van der Waals surface area contributed by atoms with E-state index in [1.807, 2.05) is 6.07 Å². The molecule has 1 aromatic rings. The van der Waals surface area contributed by atoms with Gasteiger partial charge in [-0.05, 0) is 30.2 Å². The van der Waals surface area contributed by atoms with E-state index in [0.717, 1.165) is 22.7 Å². The minimum atomic E-state index is 0.155. The average molecular weight is 195 g/mol. The summed E-state index contributed by atoms with van der Waals surface area (Å²) in [6.45, 7) is 0.926. The third-order valence-corrected chi connectivity index (χ3v) is 2.25. The van der Waals surface area contributed by atoms with E-state index in [9.17, 15) is 10.3 Å². The first-order valence-electron chi connectivity index (χ1n) is 4.48. The SMILES string of the molecule is NCCc1cc(O)c2c(c1)CN(O)N2. The summed E-state index contributed by atoms with van der Waals surface area (Å²) in [6.07, 6.45) is 0.728. The lowest BCUT2D eigenvalue weighted by molar-refractivity contribution is -0.0662. The summed E-state index contributed by atoms with van der Waals surface area (Å²) in [4.78, 5) is 0. The fourth-order valence-electron chi connectivity index (χ4n) is 1.64. The number of aromatic hydroxyl groups is 1. The van der Waals surface area contributed by atoms with Gasteiger partial charge < -0.3 is 10.8 Å². The maximum Gasteiger partial charge on any atom is 0.140 e. The van der Waals surface area contributed by atoms with Crippen LogP contribution in [0.15, 0.2) is 12.1 Å². The van der Waals surface area contributed by atoms with Crippen LogP contribution in [0.4, 0.5) is 5.69 Å². The number of hydrogen-bond acceptors (Lipinski definition) is 5. The zero-order chi connectivity index (χ0) is 10.1. The van der Waals surface area contributed by atoms with E-state index in [0.29, 0.717) is 18.8 Å². The second-order valence-electron chi connectivity index (χ2n) is 3.36. The third kappa shape index (κ3) is 1.52. The fourth-order valence-corrected chi connectivity index (χ4v) is 1.64. The van der Waals surface area contributed by atoms with E-state index in [4.69, 9.17) is 5.73 Å². The van der Waals surface area contributed by atoms with Crippen molar-refractivity contribution in [3.63, 3.8) is 0 Å². The molecule has 0 atom stereocenters. The van der Waals surface area contributed by atoms with Gasteiger partial charge in [-0.3, -0.25) is 10.6 Å². The third-order valence-electron chi connectivity index (χ3n) is 2.25. The Morgan fingerprint density at radius 2 is 2.29 bits per heavy atom. The number of nitrogens with one attached hydrogen (secondary N) is 1. The highest BCUT2D eigenvalue weighted by atomic mass is 16.5. The van der Waals surface area contributed by atoms with Gasteiger partial charge in [-0.1, -0.05) is 11.2 Å². The molecule has 1 heterocycles. The van der Waals surface area contributed by atoms with E-state index >= 15 is 0 Å². The lowest BCUT2D eigenvalue weighted by atomic mass is 10.1. The number of rotatable bonds is 2. The Balaban J connectivity index is 2.36. The summed E-state index contributed by atoms with van der Waals surface area (Å²) in [5.41, 5.74) is 10.5. The number of nitrogens with zero attached hydrogens (tertiary/aromatic N) is 1. The molecule has 76 valence electrons. The standard InChI is InChI=1S/C9H13N3O2/c10-2-1-6-3-7-5-12(14)11-9(7)8(13)4-6/h3-4,11,13-14H,1-2,5,10H2. The second-order valence-corrected chi connectivity index (χ2v) is 3.36. The Morgan fingerprint density at radius 3 is 3.00 bits per heavy atom. The molecule has 5 N–H and O–H groups in total. The topological polar surface area (TPSA) is 81.8 Å². The van der Waals surface area contributed by atoms with E-state index in [-0.39, 0.29) is 5.75 Å². The molecule has 0 unspecified atom stereocenters. The van der Waals surface area contributed by atoms with Gasteiger partial charge in [0.2, 0.25) is 0 Å². The number of hydroxylamine groups is 1. The predicted octanol–water partition coefficient (Wildman–Crippen LogP) is 0.425. The maximum atomic E-state index is 9.62. The molecule has 1 aromatic carbocycles. The van der Waals surface area contributed by atoms with Gasteiger partial charge in [0.25, 0.3) is 0 Å². The van der Waals surface area contributed by atoms with Gasteiger partial charge in [0.05, 0.1) is 12.2 Å². The molecule has 0 saturated carbocycles. The van der Waals surface area contributed by atoms with Crippen LogP contribution in [0.5, 0.6) is 5.75 Å². The van der Waals surface area contributed by atoms with Crippen molar-refractivity contribution in [2.24, 2.45) is 5.73 Å². The van der Waals surface area contributed by atoms with Crippen molar-refractivity contribution in [2.45, 2.75) is 13.0 Å². The molecule has 1 aliphatic heterocycles. The summed E-state index contributed by atoms with van der Waals surface area (Å²) in [5, 5.41) is 19.7. The maximum absolute atomic E-state index is 9.62. The summed E-state index contributed by atoms with van der Waals surface area (Å²) < 4.78 is 0. The molecule has 5 nitrogen and oxygen atoms in total. The van der Waals surface area contributed by atoms with Crippen LogP contribution in [0.25, 0.3) is 0 Å². The second kappa shape index (κ2) is 3.45. The number of nitrogens with two attached hydrogens (primary N) is 1. The van der Waals surface area contributed by atoms with Gasteiger partial charge in [0, 0.05) is 0 Å². The molecule has 0 saturated heterocycles. The molecule has 0 fully saturated rings. The van der Waals surface area contributed by atoms with E-state index < -0.39 is 0 Å². The molecular weight excluding hydrogens is 182 g/mol. The highest BCUT2D eigenvalue weighted by Crippen LogP contribution is 2.34. The molecule has 5 heteroatoms. The van der Waals surface area contributed by atoms with Gasteiger partial charge in [0.1, 0.15) is 5.75 Å². The molecule has 0 radical (unpaired) electrons. The number of hydrogen-bond donors (Lipinski definition) is 4. The fraction of sp³-hybridized carbons (Fsp3) is 0.333. The van der Waals surface area contributed by atoms with Gasteiger partial charge >= 0.3 is 0 Å². The van der Waals surface area contributed by atoms with Crippen LogP contribution in [0.2, 0.25) is 0 Å². The van der Waals surface area contributed by atoms with Gasteiger partial charge in [-0.15, -0.1) is 0 Å². The minimum absolute atomic E-state index is 0.155. The zero-order valence-electron chi connectivity index (χ0n) is 7.70. The van der Waals surface area contributed by atoms with Crippen LogP contribution >= 0.6 is 0 Å². The van der Waals surface area contributed by atoms with Crippen molar-refractivity contribution in [3.05, 3.63) is 23.3 Å². The molecule has 1 aliphatic rings. The lowest BCUT2D eigenvalue weighted by Gasteiger charge is -2.06. The van der Waals surface area contributed by atoms with Gasteiger partial charge in [-0.2, -0.15) is 0 Å². The molecule has 0 bridgehead atoms. The van der Waals surface area contributed by atoms with Crippen molar-refractivity contribution in [1.29, 1.82) is 0 Å². The van der Waals surface area contributed by atoms with Crippen molar-refractivity contribution in [3.8, 4) is 5.75 Å². The largest absolute Gasteiger partial charge is 0.506 e. The Labute approximate surface area is 81.7 Å². The van der Waals surface area contributed by atoms with Crippen molar-refractivity contribution in [1.82, 2.24) is 5.17 Å². The number of fused-ring (bicyclic) bond motifs is 1. The summed E-state index contributed by atoms with van der Waals surface area (Å²) >= 11 is 0. The van der Waals surface area contributed by atoms with Crippen molar-refractivity contribution < 1.29 is 10.3 Å². The quantitative estimate of drug-likeness (QED) is 0.514. The molecular formula is C9H13N3O2. The minimum Gasteiger partial charge on any atom is -0.506 e. The molecule has 0 aromatic heterocycles. The Bertz CT molecular complexity index is 354. The van der Waals surface area contributed by atoms with Crippen LogP contribution in [0.3, 0.4) is 0 Å². The molecule has 2 rings (SSSR count). The van der Waals surface area contributed by atoms with Crippen LogP contribution < -0.4 is 11.2 Å². The first kappa shape index (κ1) is 9.26. The summed E-state index contributed by atoms with van der Waals surface area (Å²) in [6, 6.07) is 3.60. The lowest BCUT2D eigenvalue weighted by Crippen LogP contribution is -2.17. The van der Waals surface area contributed by atoms with Crippen LogP contribution in [0, 0.1) is 0 Å². The summed E-state index contributed by atoms with van der Waals surface area (Å²) in [5.74, 6) is 0.155. The number of anilines is 1. The van der Waals surface area contributed by atoms with Crippen LogP contribution in [0.1, 0.15) is 11.1 Å². The highest BCUT2D eigenvalue weighted by molar-refractivity contribution is 5.64. The summed E-state index contributed by atoms with van der Waals surface area (Å²) in [7, 11) is 0. The normalized spacial score (nSPS) is 15.3. The van der Waals surface area contributed by atoms with Crippen molar-refractivity contribution >= 4 is 5.69 Å². The Kier molecular flexibility index (Phi) is 2.28. The van der Waals surface area contributed by atoms with Gasteiger partial charge in [0.15, 0.2) is 0 Å². The molecule has 0 spiro atoms. The Morgan fingerprint density at radius 1 is 1.50 bits per heavy atom. The monoisotopic (exact) mass is 195 g/mol. The number of benzene rings is 1. The average Bonchev–Trinajstić information content (AvgIpc) is 2.47. The number of phenols is 1. The molecule has 0 aliphatic carbocycles. The van der Waals surface area contributed by atoms with E-state index in [2.05, 4.69) is 5.43 Å². The number of hydrazine groups is 1. The first-order valence-corrected chi connectivity index (χ1v) is 4.48. The Hall–Kier alpha value is -1.30. The van der Waals surface area contributed by atoms with E-state index in [1.54, 1.807) is 6.07 Å². The van der Waals surface area contributed by atoms with Gasteiger partial charge in [-0.25, -0.2) is 0 Å². The van der Waals surface area contributed by atoms with Crippen LogP contribution in [-0.4, -0.2) is 22.0 Å². The predicted molar refractivity (Wildman–Crippen MR) is 51.8 cm³/mol. The smallest absolute Gasteiger partial charge is 0.140 e. The van der Waals surface area contributed by atoms with Crippen molar-refractivity contribution in [2.75, 3.05) is 12.0 Å². The molecule has 0 amide bonds. The van der Waals surface area contributed by atoms with E-state index in [1.165, 1.54) is 0 Å². The molecule has 14 heavy (non-hydrogen) atoms.